The van der Waals surface area contributed by atoms with Gasteiger partial charge in [-0.05, 0) is 24.3 Å². The normalized spacial score (nSPS) is 14.3. The third-order valence-corrected chi connectivity index (χ3v) is 6.07. The lowest BCUT2D eigenvalue weighted by Crippen LogP contribution is -2.37. The van der Waals surface area contributed by atoms with Gasteiger partial charge in [-0.15, -0.1) is 0 Å². The fraction of sp³-hybridized carbons (Fsp3) is 0.250. The molecule has 1 aliphatic heterocycles. The smallest absolute Gasteiger partial charge is 0.228 e. The van der Waals surface area contributed by atoms with E-state index in [4.69, 9.17) is 14.7 Å². The van der Waals surface area contributed by atoms with Gasteiger partial charge in [0, 0.05) is 55.3 Å². The number of aromatic nitrogens is 6. The van der Waals surface area contributed by atoms with Gasteiger partial charge in [0.05, 0.1) is 42.3 Å². The highest BCUT2D eigenvalue weighted by atomic mass is 16.5. The molecule has 0 radical (unpaired) electrons. The summed E-state index contributed by atoms with van der Waals surface area (Å²) in [6.45, 7) is 2.89. The topological polar surface area (TPSA) is 85.9 Å². The second kappa shape index (κ2) is 7.86. The van der Waals surface area contributed by atoms with Crippen LogP contribution < -0.4 is 10.2 Å². The van der Waals surface area contributed by atoms with Gasteiger partial charge in [0.25, 0.3) is 0 Å². The number of aryl methyl sites for hydroxylation is 2. The Morgan fingerprint density at radius 3 is 2.45 bits per heavy atom. The van der Waals surface area contributed by atoms with Crippen LogP contribution in [0.3, 0.4) is 0 Å². The van der Waals surface area contributed by atoms with E-state index in [1.54, 1.807) is 0 Å². The highest BCUT2D eigenvalue weighted by molar-refractivity contribution is 5.85. The van der Waals surface area contributed by atoms with E-state index >= 15 is 0 Å². The number of fused-ring (bicyclic) bond motifs is 2. The average molecular weight is 441 g/mol. The summed E-state index contributed by atoms with van der Waals surface area (Å²) in [6, 6.07) is 14.5. The maximum absolute atomic E-state index is 5.53. The van der Waals surface area contributed by atoms with E-state index < -0.39 is 0 Å². The molecule has 0 saturated carbocycles. The zero-order valence-electron chi connectivity index (χ0n) is 18.6. The molecule has 5 aromatic rings. The van der Waals surface area contributed by atoms with Gasteiger partial charge in [-0.2, -0.15) is 15.2 Å². The SMILES string of the molecule is Cn1ncc2cc(Nc3cc(-c4ccc5cnn(C)c5c4)nc(N4CCOCC4)n3)ccc21. The fourth-order valence-electron chi connectivity index (χ4n) is 4.24. The maximum Gasteiger partial charge on any atom is 0.228 e. The van der Waals surface area contributed by atoms with Gasteiger partial charge in [0.1, 0.15) is 5.82 Å². The third kappa shape index (κ3) is 3.66. The monoisotopic (exact) mass is 440 g/mol. The van der Waals surface area contributed by atoms with E-state index in [0.29, 0.717) is 19.2 Å². The van der Waals surface area contributed by atoms with E-state index in [2.05, 4.69) is 50.7 Å². The van der Waals surface area contributed by atoms with E-state index in [1.807, 2.05) is 48.0 Å². The van der Waals surface area contributed by atoms with Crippen molar-refractivity contribution < 1.29 is 4.74 Å². The summed E-state index contributed by atoms with van der Waals surface area (Å²) in [5.74, 6) is 1.45. The predicted molar refractivity (Wildman–Crippen MR) is 129 cm³/mol. The lowest BCUT2D eigenvalue weighted by molar-refractivity contribution is 0.122. The molecule has 9 nitrogen and oxygen atoms in total. The average Bonchev–Trinajstić information content (AvgIpc) is 3.41. The number of anilines is 3. The zero-order chi connectivity index (χ0) is 22.4. The maximum atomic E-state index is 5.53. The van der Waals surface area contributed by atoms with E-state index in [0.717, 1.165) is 57.7 Å². The number of hydrogen-bond acceptors (Lipinski definition) is 7. The Kier molecular flexibility index (Phi) is 4.69. The molecule has 0 atom stereocenters. The predicted octanol–water partition coefficient (Wildman–Crippen LogP) is 3.50. The lowest BCUT2D eigenvalue weighted by atomic mass is 10.1. The molecular formula is C24H24N8O. The van der Waals surface area contributed by atoms with Crippen LogP contribution in [0, 0.1) is 0 Å². The number of ether oxygens (including phenoxy) is 1. The summed E-state index contributed by atoms with van der Waals surface area (Å²) >= 11 is 0. The first-order chi connectivity index (χ1) is 16.1. The molecule has 4 heterocycles. The quantitative estimate of drug-likeness (QED) is 0.458. The van der Waals surface area contributed by atoms with Crippen molar-refractivity contribution in [1.82, 2.24) is 29.5 Å². The van der Waals surface area contributed by atoms with E-state index in [9.17, 15) is 0 Å². The number of nitrogens with zero attached hydrogens (tertiary/aromatic N) is 7. The molecule has 2 aromatic carbocycles. The largest absolute Gasteiger partial charge is 0.378 e. The number of rotatable bonds is 4. The van der Waals surface area contributed by atoms with Crippen molar-refractivity contribution in [3.8, 4) is 11.3 Å². The molecule has 1 saturated heterocycles. The number of hydrogen-bond donors (Lipinski definition) is 1. The summed E-state index contributed by atoms with van der Waals surface area (Å²) in [5, 5.41) is 14.4. The molecule has 0 unspecified atom stereocenters. The Hall–Kier alpha value is -3.98. The molecule has 0 bridgehead atoms. The van der Waals surface area contributed by atoms with Crippen LogP contribution in [0.1, 0.15) is 0 Å². The number of benzene rings is 2. The van der Waals surface area contributed by atoms with Crippen LogP contribution in [0.15, 0.2) is 54.9 Å². The molecule has 1 N–H and O–H groups in total. The van der Waals surface area contributed by atoms with Gasteiger partial charge < -0.3 is 15.0 Å². The Bertz CT molecular complexity index is 1460. The van der Waals surface area contributed by atoms with Crippen LogP contribution in [-0.4, -0.2) is 55.8 Å². The van der Waals surface area contributed by atoms with Crippen molar-refractivity contribution >= 4 is 39.3 Å². The van der Waals surface area contributed by atoms with Crippen molar-refractivity contribution in [2.45, 2.75) is 0 Å². The second-order valence-electron chi connectivity index (χ2n) is 8.25. The standard InChI is InChI=1S/C24H24N8O/c1-30-21-6-5-19(11-18(21)15-26-30)27-23-13-20(28-24(29-23)32-7-9-33-10-8-32)16-3-4-17-14-25-31(2)22(17)12-16/h3-6,11-15H,7-10H2,1-2H3,(H,27,28,29). The van der Waals surface area contributed by atoms with E-state index in [-0.39, 0.29) is 0 Å². The van der Waals surface area contributed by atoms with Gasteiger partial charge in [-0.25, -0.2) is 4.98 Å². The Morgan fingerprint density at radius 1 is 0.818 bits per heavy atom. The minimum atomic E-state index is 0.676. The van der Waals surface area contributed by atoms with Crippen molar-refractivity contribution in [1.29, 1.82) is 0 Å². The van der Waals surface area contributed by atoms with Crippen LogP contribution in [0.4, 0.5) is 17.5 Å². The van der Waals surface area contributed by atoms with E-state index in [1.165, 1.54) is 0 Å². The third-order valence-electron chi connectivity index (χ3n) is 6.07. The molecule has 166 valence electrons. The molecule has 33 heavy (non-hydrogen) atoms. The molecule has 3 aromatic heterocycles. The molecule has 0 aliphatic carbocycles. The highest BCUT2D eigenvalue weighted by Gasteiger charge is 2.17. The first-order valence-corrected chi connectivity index (χ1v) is 11.0. The molecule has 0 spiro atoms. The van der Waals surface area contributed by atoms with Gasteiger partial charge in [-0.1, -0.05) is 12.1 Å². The lowest BCUT2D eigenvalue weighted by Gasteiger charge is -2.27. The summed E-state index contributed by atoms with van der Waals surface area (Å²) in [5.41, 5.74) is 4.99. The minimum Gasteiger partial charge on any atom is -0.378 e. The van der Waals surface area contributed by atoms with Crippen LogP contribution in [0.2, 0.25) is 0 Å². The molecule has 1 fully saturated rings. The van der Waals surface area contributed by atoms with Crippen LogP contribution in [-0.2, 0) is 18.8 Å². The Labute approximate surface area is 190 Å². The highest BCUT2D eigenvalue weighted by Crippen LogP contribution is 2.28. The van der Waals surface area contributed by atoms with Gasteiger partial charge >= 0.3 is 0 Å². The summed E-state index contributed by atoms with van der Waals surface area (Å²) in [7, 11) is 3.90. The Morgan fingerprint density at radius 2 is 1.61 bits per heavy atom. The van der Waals surface area contributed by atoms with Crippen molar-refractivity contribution in [2.24, 2.45) is 14.1 Å². The number of nitrogens with one attached hydrogen (secondary N) is 1. The van der Waals surface area contributed by atoms with Gasteiger partial charge in [0.2, 0.25) is 5.95 Å². The fourth-order valence-corrected chi connectivity index (χ4v) is 4.24. The number of morpholine rings is 1. The molecule has 6 rings (SSSR count). The first kappa shape index (κ1) is 19.7. The molecule has 1 aliphatic rings. The molecular weight excluding hydrogens is 416 g/mol. The van der Waals surface area contributed by atoms with Crippen molar-refractivity contribution in [3.05, 3.63) is 54.9 Å². The summed E-state index contributed by atoms with van der Waals surface area (Å²) in [4.78, 5) is 11.9. The zero-order valence-corrected chi connectivity index (χ0v) is 18.6. The summed E-state index contributed by atoms with van der Waals surface area (Å²) < 4.78 is 9.28. The van der Waals surface area contributed by atoms with Crippen LogP contribution in [0.25, 0.3) is 33.1 Å². The molecule has 9 heteroatoms. The second-order valence-corrected chi connectivity index (χ2v) is 8.25. The minimum absolute atomic E-state index is 0.676. The van der Waals surface area contributed by atoms with Gasteiger partial charge in [-0.3, -0.25) is 9.36 Å². The van der Waals surface area contributed by atoms with Crippen LogP contribution in [0.5, 0.6) is 0 Å². The molecule has 0 amide bonds. The van der Waals surface area contributed by atoms with Gasteiger partial charge in [0.15, 0.2) is 0 Å². The Balaban J connectivity index is 1.42. The van der Waals surface area contributed by atoms with Crippen molar-refractivity contribution in [2.75, 3.05) is 36.5 Å². The van der Waals surface area contributed by atoms with Crippen molar-refractivity contribution in [3.63, 3.8) is 0 Å². The van der Waals surface area contributed by atoms with Crippen LogP contribution >= 0.6 is 0 Å². The first-order valence-electron chi connectivity index (χ1n) is 11.0. The summed E-state index contributed by atoms with van der Waals surface area (Å²) in [6.07, 6.45) is 3.74.